The van der Waals surface area contributed by atoms with Gasteiger partial charge in [0.2, 0.25) is 5.91 Å². The largest absolute Gasteiger partial charge is 0.479 e. The molecule has 7 nitrogen and oxygen atoms in total. The number of aliphatic carboxylic acids is 1. The number of aryl methyl sites for hydroxylation is 1. The van der Waals surface area contributed by atoms with Crippen molar-refractivity contribution in [3.8, 4) is 0 Å². The number of amides is 1. The van der Waals surface area contributed by atoms with E-state index in [1.54, 1.807) is 13.2 Å². The standard InChI is InChI=1S/C13H20N4O3/c1-17-8-10(7-15-17)12(13(19)20)16-11(18)6-9-2-4-14-5-3-9/h7-9,12,14H,2-6H2,1H3,(H,16,18)(H,19,20). The van der Waals surface area contributed by atoms with Crippen molar-refractivity contribution in [2.75, 3.05) is 13.1 Å². The molecule has 1 atom stereocenters. The van der Waals surface area contributed by atoms with Crippen LogP contribution in [0, 0.1) is 5.92 Å². The Kier molecular flexibility index (Phi) is 4.73. The summed E-state index contributed by atoms with van der Waals surface area (Å²) in [5, 5.41) is 19.0. The Morgan fingerprint density at radius 1 is 1.55 bits per heavy atom. The zero-order chi connectivity index (χ0) is 14.5. The summed E-state index contributed by atoms with van der Waals surface area (Å²) in [7, 11) is 1.71. The van der Waals surface area contributed by atoms with Gasteiger partial charge in [-0.3, -0.25) is 9.48 Å². The van der Waals surface area contributed by atoms with E-state index in [1.165, 1.54) is 10.9 Å². The van der Waals surface area contributed by atoms with Crippen LogP contribution in [0.3, 0.4) is 0 Å². The van der Waals surface area contributed by atoms with Crippen LogP contribution in [-0.4, -0.2) is 39.9 Å². The predicted octanol–water partition coefficient (Wildman–Crippen LogP) is 0.0517. The molecule has 1 aliphatic heterocycles. The predicted molar refractivity (Wildman–Crippen MR) is 71.9 cm³/mol. The highest BCUT2D eigenvalue weighted by atomic mass is 16.4. The van der Waals surface area contributed by atoms with Crippen molar-refractivity contribution in [2.45, 2.75) is 25.3 Å². The fraction of sp³-hybridized carbons (Fsp3) is 0.615. The van der Waals surface area contributed by atoms with Crippen LogP contribution < -0.4 is 10.6 Å². The van der Waals surface area contributed by atoms with Crippen molar-refractivity contribution in [1.29, 1.82) is 0 Å². The van der Waals surface area contributed by atoms with Gasteiger partial charge in [0.1, 0.15) is 0 Å². The molecule has 0 radical (unpaired) electrons. The third kappa shape index (κ3) is 3.80. The van der Waals surface area contributed by atoms with Crippen LogP contribution in [0.25, 0.3) is 0 Å². The lowest BCUT2D eigenvalue weighted by atomic mass is 9.94. The first-order chi connectivity index (χ1) is 9.56. The van der Waals surface area contributed by atoms with Crippen molar-refractivity contribution < 1.29 is 14.7 Å². The fourth-order valence-electron chi connectivity index (χ4n) is 2.44. The smallest absolute Gasteiger partial charge is 0.331 e. The monoisotopic (exact) mass is 280 g/mol. The number of carbonyl (C=O) groups excluding carboxylic acids is 1. The summed E-state index contributed by atoms with van der Waals surface area (Å²) in [5.41, 5.74) is 0.485. The third-order valence-electron chi connectivity index (χ3n) is 3.54. The zero-order valence-electron chi connectivity index (χ0n) is 11.5. The van der Waals surface area contributed by atoms with E-state index in [1.807, 2.05) is 0 Å². The van der Waals surface area contributed by atoms with E-state index in [9.17, 15) is 14.7 Å². The molecule has 7 heteroatoms. The van der Waals surface area contributed by atoms with Gasteiger partial charge in [0.15, 0.2) is 6.04 Å². The lowest BCUT2D eigenvalue weighted by molar-refractivity contribution is -0.142. The molecule has 1 fully saturated rings. The van der Waals surface area contributed by atoms with E-state index in [0.717, 1.165) is 25.9 Å². The number of carboxylic acids is 1. The summed E-state index contributed by atoms with van der Waals surface area (Å²) in [6, 6.07) is -1.03. The maximum Gasteiger partial charge on any atom is 0.331 e. The molecule has 1 amide bonds. The number of hydrogen-bond donors (Lipinski definition) is 3. The van der Waals surface area contributed by atoms with E-state index in [4.69, 9.17) is 0 Å². The molecule has 110 valence electrons. The number of piperidine rings is 1. The second-order valence-electron chi connectivity index (χ2n) is 5.18. The molecular weight excluding hydrogens is 260 g/mol. The second-order valence-corrected chi connectivity index (χ2v) is 5.18. The van der Waals surface area contributed by atoms with Gasteiger partial charge in [-0.25, -0.2) is 4.79 Å². The Balaban J connectivity index is 1.94. The molecular formula is C13H20N4O3. The number of aromatic nitrogens is 2. The van der Waals surface area contributed by atoms with Gasteiger partial charge in [0, 0.05) is 25.2 Å². The van der Waals surface area contributed by atoms with Crippen molar-refractivity contribution in [3.05, 3.63) is 18.0 Å². The van der Waals surface area contributed by atoms with Gasteiger partial charge in [-0.05, 0) is 31.8 Å². The maximum absolute atomic E-state index is 12.0. The van der Waals surface area contributed by atoms with Crippen molar-refractivity contribution in [3.63, 3.8) is 0 Å². The van der Waals surface area contributed by atoms with Crippen molar-refractivity contribution in [2.24, 2.45) is 13.0 Å². The Labute approximate surface area is 117 Å². The highest BCUT2D eigenvalue weighted by Crippen LogP contribution is 2.17. The van der Waals surface area contributed by atoms with Gasteiger partial charge >= 0.3 is 5.97 Å². The highest BCUT2D eigenvalue weighted by molar-refractivity contribution is 5.84. The van der Waals surface area contributed by atoms with E-state index >= 15 is 0 Å². The number of rotatable bonds is 5. The van der Waals surface area contributed by atoms with E-state index in [2.05, 4.69) is 15.7 Å². The third-order valence-corrected chi connectivity index (χ3v) is 3.54. The molecule has 1 saturated heterocycles. The first-order valence-electron chi connectivity index (χ1n) is 6.77. The first-order valence-corrected chi connectivity index (χ1v) is 6.77. The van der Waals surface area contributed by atoms with Gasteiger partial charge in [0.05, 0.1) is 6.20 Å². The summed E-state index contributed by atoms with van der Waals surface area (Å²) >= 11 is 0. The highest BCUT2D eigenvalue weighted by Gasteiger charge is 2.25. The summed E-state index contributed by atoms with van der Waals surface area (Å²) in [5.74, 6) is -0.954. The summed E-state index contributed by atoms with van der Waals surface area (Å²) < 4.78 is 1.52. The summed E-state index contributed by atoms with van der Waals surface area (Å²) in [4.78, 5) is 23.3. The number of carboxylic acid groups (broad SMARTS) is 1. The molecule has 1 aromatic heterocycles. The van der Waals surface area contributed by atoms with Gasteiger partial charge in [-0.1, -0.05) is 0 Å². The quantitative estimate of drug-likeness (QED) is 0.708. The average molecular weight is 280 g/mol. The van der Waals surface area contributed by atoms with Gasteiger partial charge in [0.25, 0.3) is 0 Å². The Bertz CT molecular complexity index is 480. The van der Waals surface area contributed by atoms with Crippen molar-refractivity contribution >= 4 is 11.9 Å². The number of hydrogen-bond acceptors (Lipinski definition) is 4. The fourth-order valence-corrected chi connectivity index (χ4v) is 2.44. The number of nitrogens with zero attached hydrogens (tertiary/aromatic N) is 2. The first kappa shape index (κ1) is 14.5. The maximum atomic E-state index is 12.0. The molecule has 1 aromatic rings. The number of nitrogens with one attached hydrogen (secondary N) is 2. The Morgan fingerprint density at radius 3 is 2.80 bits per heavy atom. The average Bonchev–Trinajstić information content (AvgIpc) is 2.83. The normalized spacial score (nSPS) is 17.6. The molecule has 0 aliphatic carbocycles. The van der Waals surface area contributed by atoms with Crippen LogP contribution in [0.5, 0.6) is 0 Å². The van der Waals surface area contributed by atoms with Gasteiger partial charge in [-0.15, -0.1) is 0 Å². The topological polar surface area (TPSA) is 96.2 Å². The van der Waals surface area contributed by atoms with Gasteiger partial charge < -0.3 is 15.7 Å². The lowest BCUT2D eigenvalue weighted by Crippen LogP contribution is -2.36. The molecule has 1 unspecified atom stereocenters. The molecule has 20 heavy (non-hydrogen) atoms. The molecule has 0 bridgehead atoms. The van der Waals surface area contributed by atoms with Crippen LogP contribution in [0.2, 0.25) is 0 Å². The van der Waals surface area contributed by atoms with Crippen LogP contribution in [0.15, 0.2) is 12.4 Å². The minimum atomic E-state index is -1.07. The van der Waals surface area contributed by atoms with E-state index in [0.29, 0.717) is 17.9 Å². The van der Waals surface area contributed by atoms with Crippen molar-refractivity contribution in [1.82, 2.24) is 20.4 Å². The molecule has 2 rings (SSSR count). The molecule has 0 aromatic carbocycles. The van der Waals surface area contributed by atoms with Crippen LogP contribution in [0.1, 0.15) is 30.9 Å². The van der Waals surface area contributed by atoms with E-state index < -0.39 is 12.0 Å². The Hall–Kier alpha value is -1.89. The van der Waals surface area contributed by atoms with Gasteiger partial charge in [-0.2, -0.15) is 5.10 Å². The summed E-state index contributed by atoms with van der Waals surface area (Å²) in [6.45, 7) is 1.84. The SMILES string of the molecule is Cn1cc(C(NC(=O)CC2CCNCC2)C(=O)O)cn1. The van der Waals surface area contributed by atoms with Crippen LogP contribution >= 0.6 is 0 Å². The minimum Gasteiger partial charge on any atom is -0.479 e. The van der Waals surface area contributed by atoms with Crippen LogP contribution in [-0.2, 0) is 16.6 Å². The molecule has 0 spiro atoms. The Morgan fingerprint density at radius 2 is 2.25 bits per heavy atom. The number of carbonyl (C=O) groups is 2. The lowest BCUT2D eigenvalue weighted by Gasteiger charge is -2.22. The molecule has 0 saturated carbocycles. The second kappa shape index (κ2) is 6.51. The van der Waals surface area contributed by atoms with Crippen LogP contribution in [0.4, 0.5) is 0 Å². The molecule has 2 heterocycles. The van der Waals surface area contributed by atoms with E-state index in [-0.39, 0.29) is 5.91 Å². The summed E-state index contributed by atoms with van der Waals surface area (Å²) in [6.07, 6.45) is 5.36. The molecule has 3 N–H and O–H groups in total. The molecule has 1 aliphatic rings. The minimum absolute atomic E-state index is 0.215. The zero-order valence-corrected chi connectivity index (χ0v) is 11.5.